The van der Waals surface area contributed by atoms with Crippen LogP contribution in [-0.4, -0.2) is 43.5 Å². The van der Waals surface area contributed by atoms with Gasteiger partial charge < -0.3 is 24.6 Å². The predicted octanol–water partition coefficient (Wildman–Crippen LogP) is -2.82. The summed E-state index contributed by atoms with van der Waals surface area (Å²) in [5, 5.41) is 0. The van der Waals surface area contributed by atoms with Crippen LogP contribution in [-0.2, 0) is 15.3 Å². The van der Waals surface area contributed by atoms with E-state index in [1.54, 1.807) is 0 Å². The third kappa shape index (κ3) is 216000. The van der Waals surface area contributed by atoms with Crippen LogP contribution in [0.4, 0.5) is 0 Å². The van der Waals surface area contributed by atoms with E-state index in [1.165, 1.54) is 0 Å². The molecule has 0 fully saturated rings. The van der Waals surface area contributed by atoms with E-state index < -0.39 is 26.7 Å². The summed E-state index contributed by atoms with van der Waals surface area (Å²) in [5.74, 6) is 0. The van der Waals surface area contributed by atoms with Crippen LogP contribution in [0, 0.1) is 0 Å². The molecule has 96 valence electrons. The molecule has 0 bridgehead atoms. The molecule has 12 nitrogen and oxygen atoms in total. The van der Waals surface area contributed by atoms with Gasteiger partial charge in [-0.25, -0.2) is 0 Å². The van der Waals surface area contributed by atoms with Crippen LogP contribution in [0.2, 0.25) is 0 Å². The molecule has 0 aliphatic carbocycles. The normalized spacial score (nSPS) is 8.29. The molecule has 14 heteroatoms. The Morgan fingerprint density at radius 1 is 0.500 bits per heavy atom. The van der Waals surface area contributed by atoms with E-state index in [-0.39, 0.29) is 24.6 Å². The van der Waals surface area contributed by atoms with Gasteiger partial charge in [-0.3, -0.25) is 0 Å². The Hall–Kier alpha value is -0.0810. The standard InChI is InChI=1S/4H3N.2H2O4Se/c;;;;2*1-5(2,3)4/h4*1H3;2*(H2,1,2,3,4). The Morgan fingerprint density at radius 3 is 0.500 bits per heavy atom. The van der Waals surface area contributed by atoms with Gasteiger partial charge in [-0.1, -0.05) is 0 Å². The molecule has 0 saturated heterocycles. The summed E-state index contributed by atoms with van der Waals surface area (Å²) in [6.45, 7) is 0. The van der Waals surface area contributed by atoms with Crippen molar-refractivity contribution in [2.45, 2.75) is 0 Å². The topological polar surface area (TPSA) is 289 Å². The second-order valence-electron chi connectivity index (χ2n) is 0.896. The molecule has 0 aromatic heterocycles. The molecule has 14 heavy (non-hydrogen) atoms. The van der Waals surface area contributed by atoms with Crippen LogP contribution < -0.4 is 24.6 Å². The summed E-state index contributed by atoms with van der Waals surface area (Å²) in [4.78, 5) is 0. The Morgan fingerprint density at radius 2 is 0.500 bits per heavy atom. The van der Waals surface area contributed by atoms with E-state index in [9.17, 15) is 0 Å². The van der Waals surface area contributed by atoms with Gasteiger partial charge in [0.05, 0.1) is 0 Å². The average Bonchev–Trinajstić information content (AvgIpc) is 1.12. The third-order valence-electron chi connectivity index (χ3n) is 0. The minimum absolute atomic E-state index is 0. The summed E-state index contributed by atoms with van der Waals surface area (Å²) < 4.78 is 63.8. The van der Waals surface area contributed by atoms with E-state index in [4.69, 9.17) is 32.1 Å². The van der Waals surface area contributed by atoms with Gasteiger partial charge in [0, 0.05) is 0 Å². The molecule has 0 aromatic rings. The summed E-state index contributed by atoms with van der Waals surface area (Å²) in [6.07, 6.45) is 0. The molecule has 0 radical (unpaired) electrons. The average molecular weight is 358 g/mol. The van der Waals surface area contributed by atoms with Crippen molar-refractivity contribution in [1.29, 1.82) is 0 Å². The molecule has 0 aromatic carbocycles. The Bertz CT molecular complexity index is 216. The van der Waals surface area contributed by atoms with Gasteiger partial charge >= 0.3 is 58.8 Å². The van der Waals surface area contributed by atoms with Gasteiger partial charge in [0.1, 0.15) is 0 Å². The van der Waals surface area contributed by atoms with E-state index >= 15 is 0 Å². The zero-order chi connectivity index (χ0) is 9.00. The molecule has 0 rings (SSSR count). The van der Waals surface area contributed by atoms with Crippen molar-refractivity contribution in [3.8, 4) is 0 Å². The van der Waals surface area contributed by atoms with Crippen LogP contribution in [0.25, 0.3) is 0 Å². The van der Waals surface area contributed by atoms with Crippen LogP contribution in [0.5, 0.6) is 0 Å². The Balaban J connectivity index is -0.0000000178. The molecular weight excluding hydrogens is 342 g/mol. The second-order valence-corrected chi connectivity index (χ2v) is 4.65. The van der Waals surface area contributed by atoms with Crippen molar-refractivity contribution in [2.75, 3.05) is 0 Å². The fraction of sp³-hybridized carbons (Fsp3) is 0. The molecule has 0 saturated carbocycles. The van der Waals surface area contributed by atoms with Gasteiger partial charge in [-0.2, -0.15) is 0 Å². The molecule has 0 aliphatic rings. The first-order valence-electron chi connectivity index (χ1n) is 1.40. The van der Waals surface area contributed by atoms with E-state index in [2.05, 4.69) is 0 Å². The van der Waals surface area contributed by atoms with Crippen molar-refractivity contribution in [3.63, 3.8) is 0 Å². The zero-order valence-corrected chi connectivity index (χ0v) is 10.5. The summed E-state index contributed by atoms with van der Waals surface area (Å²) in [7, 11) is 0. The maximum absolute atomic E-state index is 8.82. The van der Waals surface area contributed by atoms with Gasteiger partial charge in [-0.05, 0) is 0 Å². The molecule has 0 atom stereocenters. The first kappa shape index (κ1) is 37.0. The molecule has 0 aliphatic heterocycles. The Kier molecular flexibility index (Phi) is 34.2. The van der Waals surface area contributed by atoms with E-state index in [1.807, 2.05) is 0 Å². The number of hydrogen-bond acceptors (Lipinski definition) is 8. The molecule has 16 N–H and O–H groups in total. The van der Waals surface area contributed by atoms with E-state index in [0.717, 1.165) is 0 Å². The zero-order valence-electron chi connectivity index (χ0n) is 7.07. The summed E-state index contributed by atoms with van der Waals surface area (Å²) in [5.41, 5.74) is 0. The predicted molar refractivity (Wildman–Crippen MR) is 43.2 cm³/mol. The minimum atomic E-state index is -5.25. The van der Waals surface area contributed by atoms with Gasteiger partial charge in [0.25, 0.3) is 0 Å². The van der Waals surface area contributed by atoms with Gasteiger partial charge in [0.15, 0.2) is 0 Å². The quantitative estimate of drug-likeness (QED) is 0.203. The van der Waals surface area contributed by atoms with Gasteiger partial charge in [-0.15, -0.1) is 0 Å². The maximum atomic E-state index is 8.82. The molecule has 0 unspecified atom stereocenters. The number of hydrogen-bond donors (Lipinski definition) is 8. The van der Waals surface area contributed by atoms with Crippen LogP contribution in [0.1, 0.15) is 0 Å². The number of rotatable bonds is 0. The van der Waals surface area contributed by atoms with Crippen molar-refractivity contribution in [2.24, 2.45) is 0 Å². The first-order chi connectivity index (χ1) is 4.00. The van der Waals surface area contributed by atoms with Crippen molar-refractivity contribution >= 4 is 26.7 Å². The van der Waals surface area contributed by atoms with Crippen molar-refractivity contribution in [3.05, 3.63) is 0 Å². The van der Waals surface area contributed by atoms with Crippen LogP contribution in [0.15, 0.2) is 0 Å². The van der Waals surface area contributed by atoms with Crippen molar-refractivity contribution < 1.29 is 32.1 Å². The monoisotopic (exact) mass is 360 g/mol. The van der Waals surface area contributed by atoms with Crippen LogP contribution >= 0.6 is 0 Å². The molecule has 0 amide bonds. The molecule has 0 heterocycles. The van der Waals surface area contributed by atoms with Gasteiger partial charge in [0.2, 0.25) is 0 Å². The third-order valence-corrected chi connectivity index (χ3v) is 0. The second kappa shape index (κ2) is 12.9. The van der Waals surface area contributed by atoms with E-state index in [0.29, 0.717) is 0 Å². The Labute approximate surface area is 83.8 Å². The van der Waals surface area contributed by atoms with Crippen molar-refractivity contribution in [1.82, 2.24) is 24.6 Å². The molecular formula is H16N4O8Se2. The first-order valence-corrected chi connectivity index (χ1v) is 7.26. The summed E-state index contributed by atoms with van der Waals surface area (Å²) >= 11 is -10.5. The fourth-order valence-electron chi connectivity index (χ4n) is 0. The molecule has 0 spiro atoms. The summed E-state index contributed by atoms with van der Waals surface area (Å²) in [6, 6.07) is 0. The van der Waals surface area contributed by atoms with Crippen LogP contribution in [0.3, 0.4) is 0 Å². The SMILES string of the molecule is N.N.N.N.O=[Se](=O)(O)O.O=[Se](=O)(O)O. The fourth-order valence-corrected chi connectivity index (χ4v) is 0.